The topological polar surface area (TPSA) is 71.3 Å². The van der Waals surface area contributed by atoms with E-state index in [-0.39, 0.29) is 12.0 Å². The Kier molecular flexibility index (Phi) is 6.35. The van der Waals surface area contributed by atoms with E-state index in [1.54, 1.807) is 38.3 Å². The molecule has 2 aromatic carbocycles. The molecule has 124 valence electrons. The number of hydrogen-bond acceptors (Lipinski definition) is 4. The zero-order valence-corrected chi connectivity index (χ0v) is 13.7. The van der Waals surface area contributed by atoms with Crippen LogP contribution < -0.4 is 10.1 Å². The van der Waals surface area contributed by atoms with Crippen LogP contribution in [0.2, 0.25) is 0 Å². The summed E-state index contributed by atoms with van der Waals surface area (Å²) in [4.78, 5) is 12.2. The molecule has 1 amide bonds. The van der Waals surface area contributed by atoms with Crippen LogP contribution in [0.4, 0.5) is 0 Å². The van der Waals surface area contributed by atoms with E-state index in [9.17, 15) is 4.79 Å². The second kappa shape index (κ2) is 8.70. The summed E-state index contributed by atoms with van der Waals surface area (Å²) in [5.74, 6) is 0.134. The molecule has 0 aliphatic rings. The zero-order valence-electron chi connectivity index (χ0n) is 13.7. The molecule has 24 heavy (non-hydrogen) atoms. The van der Waals surface area contributed by atoms with Crippen LogP contribution in [-0.2, 0) is 9.53 Å². The van der Waals surface area contributed by atoms with Gasteiger partial charge in [-0.2, -0.15) is 5.26 Å². The van der Waals surface area contributed by atoms with E-state index >= 15 is 0 Å². The first-order valence-corrected chi connectivity index (χ1v) is 7.67. The van der Waals surface area contributed by atoms with Crippen LogP contribution in [0.5, 0.6) is 5.75 Å². The Bertz CT molecular complexity index is 710. The minimum Gasteiger partial charge on any atom is -0.480 e. The molecule has 1 N–H and O–H groups in total. The van der Waals surface area contributed by atoms with E-state index in [0.717, 1.165) is 5.56 Å². The van der Waals surface area contributed by atoms with Crippen molar-refractivity contribution in [2.24, 2.45) is 0 Å². The van der Waals surface area contributed by atoms with Gasteiger partial charge in [-0.05, 0) is 24.6 Å². The van der Waals surface area contributed by atoms with Crippen molar-refractivity contribution in [3.05, 3.63) is 65.7 Å². The van der Waals surface area contributed by atoms with Crippen molar-refractivity contribution in [1.82, 2.24) is 5.32 Å². The Balaban J connectivity index is 1.93. The van der Waals surface area contributed by atoms with Crippen molar-refractivity contribution in [3.8, 4) is 11.8 Å². The molecular formula is C19H20N2O3. The maximum absolute atomic E-state index is 12.2. The Morgan fingerprint density at radius 1 is 1.17 bits per heavy atom. The monoisotopic (exact) mass is 324 g/mol. The molecule has 5 heteroatoms. The van der Waals surface area contributed by atoms with E-state index in [2.05, 4.69) is 5.32 Å². The molecule has 2 rings (SSSR count). The summed E-state index contributed by atoms with van der Waals surface area (Å²) < 4.78 is 11.0. The molecule has 0 aromatic heterocycles. The van der Waals surface area contributed by atoms with Gasteiger partial charge < -0.3 is 14.8 Å². The van der Waals surface area contributed by atoms with Gasteiger partial charge in [0.25, 0.3) is 5.91 Å². The number of hydrogen-bond donors (Lipinski definition) is 1. The van der Waals surface area contributed by atoms with E-state index < -0.39 is 6.10 Å². The first-order valence-electron chi connectivity index (χ1n) is 7.67. The number of nitrogens with one attached hydrogen (secondary N) is 1. The first-order chi connectivity index (χ1) is 11.7. The number of nitriles is 1. The fraction of sp³-hybridized carbons (Fsp3) is 0.263. The standard InChI is InChI=1S/C19H20N2O3/c1-14(24-17-11-7-6-10-16(17)12-20)19(22)21-13-18(23-2)15-8-4-3-5-9-15/h3-11,14,18H,13H2,1-2H3,(H,21,22). The summed E-state index contributed by atoms with van der Waals surface area (Å²) in [7, 11) is 1.60. The number of carbonyl (C=O) groups excluding carboxylic acids is 1. The van der Waals surface area contributed by atoms with E-state index in [0.29, 0.717) is 17.9 Å². The van der Waals surface area contributed by atoms with Crippen LogP contribution in [0, 0.1) is 11.3 Å². The van der Waals surface area contributed by atoms with Crippen molar-refractivity contribution < 1.29 is 14.3 Å². The van der Waals surface area contributed by atoms with Gasteiger partial charge >= 0.3 is 0 Å². The molecule has 2 unspecified atom stereocenters. The lowest BCUT2D eigenvalue weighted by atomic mass is 10.1. The maximum atomic E-state index is 12.2. The Labute approximate surface area is 141 Å². The van der Waals surface area contributed by atoms with Gasteiger partial charge in [-0.1, -0.05) is 42.5 Å². The number of para-hydroxylation sites is 1. The molecule has 0 bridgehead atoms. The summed E-state index contributed by atoms with van der Waals surface area (Å²) in [6, 6.07) is 18.5. The molecular weight excluding hydrogens is 304 g/mol. The number of nitrogens with zero attached hydrogens (tertiary/aromatic N) is 1. The average molecular weight is 324 g/mol. The molecule has 0 aliphatic heterocycles. The van der Waals surface area contributed by atoms with Crippen molar-refractivity contribution >= 4 is 5.91 Å². The van der Waals surface area contributed by atoms with E-state index in [1.807, 2.05) is 36.4 Å². The smallest absolute Gasteiger partial charge is 0.260 e. The highest BCUT2D eigenvalue weighted by molar-refractivity contribution is 5.80. The molecule has 2 aromatic rings. The third kappa shape index (κ3) is 4.58. The molecule has 0 saturated heterocycles. The van der Waals surface area contributed by atoms with E-state index in [4.69, 9.17) is 14.7 Å². The van der Waals surface area contributed by atoms with Crippen LogP contribution >= 0.6 is 0 Å². The lowest BCUT2D eigenvalue weighted by molar-refractivity contribution is -0.127. The summed E-state index contributed by atoms with van der Waals surface area (Å²) in [5, 5.41) is 11.9. The van der Waals surface area contributed by atoms with Crippen LogP contribution in [-0.4, -0.2) is 25.7 Å². The number of ether oxygens (including phenoxy) is 2. The van der Waals surface area contributed by atoms with Crippen LogP contribution in [0.25, 0.3) is 0 Å². The van der Waals surface area contributed by atoms with Gasteiger partial charge in [0, 0.05) is 13.7 Å². The second-order valence-corrected chi connectivity index (χ2v) is 5.25. The molecule has 0 radical (unpaired) electrons. The second-order valence-electron chi connectivity index (χ2n) is 5.25. The largest absolute Gasteiger partial charge is 0.480 e. The maximum Gasteiger partial charge on any atom is 0.260 e. The van der Waals surface area contributed by atoms with E-state index in [1.165, 1.54) is 0 Å². The van der Waals surface area contributed by atoms with Gasteiger partial charge in [-0.3, -0.25) is 4.79 Å². The Hall–Kier alpha value is -2.84. The van der Waals surface area contributed by atoms with Gasteiger partial charge in [0.15, 0.2) is 6.10 Å². The minimum atomic E-state index is -0.715. The highest BCUT2D eigenvalue weighted by Crippen LogP contribution is 2.18. The highest BCUT2D eigenvalue weighted by atomic mass is 16.5. The highest BCUT2D eigenvalue weighted by Gasteiger charge is 2.18. The fourth-order valence-electron chi connectivity index (χ4n) is 2.25. The lowest BCUT2D eigenvalue weighted by Gasteiger charge is -2.19. The minimum absolute atomic E-state index is 0.228. The van der Waals surface area contributed by atoms with Crippen LogP contribution in [0.3, 0.4) is 0 Å². The van der Waals surface area contributed by atoms with Gasteiger partial charge in [-0.25, -0.2) is 0 Å². The summed E-state index contributed by atoms with van der Waals surface area (Å²) in [6.07, 6.45) is -0.943. The fourth-order valence-corrected chi connectivity index (χ4v) is 2.25. The normalized spacial score (nSPS) is 12.7. The third-order valence-corrected chi connectivity index (χ3v) is 3.60. The molecule has 0 spiro atoms. The van der Waals surface area contributed by atoms with Gasteiger partial charge in [0.1, 0.15) is 11.8 Å². The number of methoxy groups -OCH3 is 1. The van der Waals surface area contributed by atoms with Crippen molar-refractivity contribution in [2.75, 3.05) is 13.7 Å². The number of rotatable bonds is 7. The Morgan fingerprint density at radius 2 is 1.83 bits per heavy atom. The van der Waals surface area contributed by atoms with Crippen molar-refractivity contribution in [1.29, 1.82) is 5.26 Å². The molecule has 5 nitrogen and oxygen atoms in total. The van der Waals surface area contributed by atoms with Gasteiger partial charge in [0.2, 0.25) is 0 Å². The summed E-state index contributed by atoms with van der Waals surface area (Å²) in [6.45, 7) is 1.99. The molecule has 0 heterocycles. The third-order valence-electron chi connectivity index (χ3n) is 3.60. The van der Waals surface area contributed by atoms with Crippen LogP contribution in [0.15, 0.2) is 54.6 Å². The number of benzene rings is 2. The Morgan fingerprint density at radius 3 is 2.50 bits per heavy atom. The lowest BCUT2D eigenvalue weighted by Crippen LogP contribution is -2.38. The van der Waals surface area contributed by atoms with Crippen molar-refractivity contribution in [2.45, 2.75) is 19.1 Å². The SMILES string of the molecule is COC(CNC(=O)C(C)Oc1ccccc1C#N)c1ccccc1. The summed E-state index contributed by atoms with van der Waals surface area (Å²) in [5.41, 5.74) is 1.39. The quantitative estimate of drug-likeness (QED) is 0.850. The molecule has 0 saturated carbocycles. The molecule has 0 aliphatic carbocycles. The molecule has 2 atom stereocenters. The molecule has 0 fully saturated rings. The summed E-state index contributed by atoms with van der Waals surface area (Å²) >= 11 is 0. The van der Waals surface area contributed by atoms with Gasteiger partial charge in [-0.15, -0.1) is 0 Å². The first kappa shape index (κ1) is 17.5. The predicted molar refractivity (Wildman–Crippen MR) is 90.4 cm³/mol. The van der Waals surface area contributed by atoms with Gasteiger partial charge in [0.05, 0.1) is 11.7 Å². The number of amides is 1. The number of carbonyl (C=O) groups is 1. The zero-order chi connectivity index (χ0) is 17.4. The average Bonchev–Trinajstić information content (AvgIpc) is 2.63. The predicted octanol–water partition coefficient (Wildman–Crippen LogP) is 2.83. The van der Waals surface area contributed by atoms with Crippen molar-refractivity contribution in [3.63, 3.8) is 0 Å². The van der Waals surface area contributed by atoms with Crippen LogP contribution in [0.1, 0.15) is 24.2 Å².